The molecule has 0 aliphatic heterocycles. The van der Waals surface area contributed by atoms with Crippen LogP contribution in [0.3, 0.4) is 0 Å². The summed E-state index contributed by atoms with van der Waals surface area (Å²) in [5.41, 5.74) is 5.42. The maximum Gasteiger partial charge on any atom is 0.198 e. The predicted octanol–water partition coefficient (Wildman–Crippen LogP) is 0.925. The molecular weight excluding hydrogens is 166 g/mol. The van der Waals surface area contributed by atoms with Gasteiger partial charge >= 0.3 is 0 Å². The molecular formula is C6H7ClN3O. The van der Waals surface area contributed by atoms with Crippen LogP contribution in [0, 0.1) is 6.92 Å². The Morgan fingerprint density at radius 1 is 1.64 bits per heavy atom. The third kappa shape index (κ3) is 1.71. The number of nitrogen functional groups attached to an aromatic ring is 1. The third-order valence-corrected chi connectivity index (χ3v) is 1.30. The summed E-state index contributed by atoms with van der Waals surface area (Å²) in [4.78, 5) is 7.37. The van der Waals surface area contributed by atoms with Gasteiger partial charge in [-0.2, -0.15) is 0 Å². The Morgan fingerprint density at radius 3 is 2.91 bits per heavy atom. The molecule has 0 bridgehead atoms. The van der Waals surface area contributed by atoms with Crippen LogP contribution in [0.2, 0.25) is 5.15 Å². The van der Waals surface area contributed by atoms with Crippen LogP contribution in [0.5, 0.6) is 5.75 Å². The van der Waals surface area contributed by atoms with Crippen molar-refractivity contribution in [2.45, 2.75) is 0 Å². The van der Waals surface area contributed by atoms with Crippen LogP contribution in [0.15, 0.2) is 6.33 Å². The van der Waals surface area contributed by atoms with Gasteiger partial charge in [0.05, 0.1) is 6.61 Å². The van der Waals surface area contributed by atoms with Crippen molar-refractivity contribution >= 4 is 17.4 Å². The van der Waals surface area contributed by atoms with Crippen molar-refractivity contribution in [1.29, 1.82) is 0 Å². The lowest BCUT2D eigenvalue weighted by Gasteiger charge is -2.05. The molecule has 5 heteroatoms. The van der Waals surface area contributed by atoms with Gasteiger partial charge in [-0.15, -0.1) is 0 Å². The van der Waals surface area contributed by atoms with E-state index in [1.807, 2.05) is 0 Å². The van der Waals surface area contributed by atoms with E-state index in [0.717, 1.165) is 0 Å². The molecule has 0 unspecified atom stereocenters. The van der Waals surface area contributed by atoms with Crippen molar-refractivity contribution in [3.05, 3.63) is 18.4 Å². The van der Waals surface area contributed by atoms with E-state index in [9.17, 15) is 0 Å². The molecule has 0 aliphatic carbocycles. The lowest BCUT2D eigenvalue weighted by Crippen LogP contribution is -2.00. The summed E-state index contributed by atoms with van der Waals surface area (Å²) in [6, 6.07) is 0. The highest BCUT2D eigenvalue weighted by Gasteiger charge is 2.06. The minimum atomic E-state index is 0.209. The van der Waals surface area contributed by atoms with Crippen LogP contribution >= 0.6 is 11.6 Å². The van der Waals surface area contributed by atoms with Crippen molar-refractivity contribution < 1.29 is 4.74 Å². The molecule has 11 heavy (non-hydrogen) atoms. The van der Waals surface area contributed by atoms with Gasteiger partial charge in [-0.1, -0.05) is 11.6 Å². The smallest absolute Gasteiger partial charge is 0.198 e. The summed E-state index contributed by atoms with van der Waals surface area (Å²) in [5, 5.41) is 0.209. The van der Waals surface area contributed by atoms with E-state index >= 15 is 0 Å². The summed E-state index contributed by atoms with van der Waals surface area (Å²) in [6.45, 7) is 3.72. The largest absolute Gasteiger partial charge is 0.487 e. The SMILES string of the molecule is [CH2]COc1c(N)ncnc1Cl. The number of anilines is 1. The maximum atomic E-state index is 5.62. The van der Waals surface area contributed by atoms with Gasteiger partial charge in [0.15, 0.2) is 16.7 Å². The van der Waals surface area contributed by atoms with Crippen LogP contribution in [-0.4, -0.2) is 16.6 Å². The van der Waals surface area contributed by atoms with Gasteiger partial charge < -0.3 is 10.5 Å². The van der Waals surface area contributed by atoms with Gasteiger partial charge in [0.25, 0.3) is 0 Å². The number of halogens is 1. The Balaban J connectivity index is 3.00. The molecule has 0 fully saturated rings. The minimum Gasteiger partial charge on any atom is -0.487 e. The zero-order valence-corrected chi connectivity index (χ0v) is 6.51. The highest BCUT2D eigenvalue weighted by Crippen LogP contribution is 2.25. The molecule has 59 valence electrons. The molecule has 0 aromatic carbocycles. The van der Waals surface area contributed by atoms with E-state index in [4.69, 9.17) is 22.1 Å². The second-order valence-electron chi connectivity index (χ2n) is 1.73. The molecule has 0 amide bonds. The molecule has 1 rings (SSSR count). The second-order valence-corrected chi connectivity index (χ2v) is 2.09. The van der Waals surface area contributed by atoms with Gasteiger partial charge in [-0.25, -0.2) is 9.97 Å². The highest BCUT2D eigenvalue weighted by atomic mass is 35.5. The van der Waals surface area contributed by atoms with Crippen LogP contribution in [0.1, 0.15) is 0 Å². The summed E-state index contributed by atoms with van der Waals surface area (Å²) < 4.78 is 4.97. The minimum absolute atomic E-state index is 0.209. The first-order valence-electron chi connectivity index (χ1n) is 2.93. The molecule has 1 heterocycles. The van der Waals surface area contributed by atoms with Crippen LogP contribution < -0.4 is 10.5 Å². The fourth-order valence-corrected chi connectivity index (χ4v) is 0.795. The van der Waals surface area contributed by atoms with Crippen molar-refractivity contribution in [3.8, 4) is 5.75 Å². The molecule has 0 aliphatic rings. The number of aromatic nitrogens is 2. The second kappa shape index (κ2) is 3.39. The first kappa shape index (κ1) is 8.07. The average Bonchev–Trinajstić information content (AvgIpc) is 1.97. The van der Waals surface area contributed by atoms with Crippen molar-refractivity contribution in [2.75, 3.05) is 12.3 Å². The number of nitrogens with two attached hydrogens (primary N) is 1. The summed E-state index contributed by atoms with van der Waals surface area (Å²) in [6.07, 6.45) is 1.27. The third-order valence-electron chi connectivity index (χ3n) is 1.03. The molecule has 4 nitrogen and oxygen atoms in total. The molecule has 1 radical (unpaired) electrons. The number of rotatable bonds is 2. The van der Waals surface area contributed by atoms with Gasteiger partial charge in [0, 0.05) is 0 Å². The monoisotopic (exact) mass is 172 g/mol. The fourth-order valence-electron chi connectivity index (χ4n) is 0.600. The molecule has 0 spiro atoms. The zero-order chi connectivity index (χ0) is 8.27. The van der Waals surface area contributed by atoms with Crippen LogP contribution in [0.25, 0.3) is 0 Å². The standard InChI is InChI=1S/C6H7ClN3O/c1-2-11-4-5(7)9-3-10-6(4)8/h3H,1-2H2,(H2,8,9,10). The van der Waals surface area contributed by atoms with Gasteiger partial charge in [-0.05, 0) is 6.92 Å². The molecule has 1 aromatic rings. The van der Waals surface area contributed by atoms with Crippen LogP contribution in [-0.2, 0) is 0 Å². The van der Waals surface area contributed by atoms with Crippen molar-refractivity contribution in [3.63, 3.8) is 0 Å². The van der Waals surface area contributed by atoms with Crippen molar-refractivity contribution in [1.82, 2.24) is 9.97 Å². The summed E-state index contributed by atoms with van der Waals surface area (Å²) in [7, 11) is 0. The molecule has 0 saturated heterocycles. The highest BCUT2D eigenvalue weighted by molar-refractivity contribution is 6.31. The van der Waals surface area contributed by atoms with Gasteiger partial charge in [-0.3, -0.25) is 0 Å². The normalized spacial score (nSPS) is 9.64. The quantitative estimate of drug-likeness (QED) is 0.674. The van der Waals surface area contributed by atoms with Gasteiger partial charge in [0.2, 0.25) is 0 Å². The van der Waals surface area contributed by atoms with E-state index < -0.39 is 0 Å². The zero-order valence-electron chi connectivity index (χ0n) is 5.75. The lowest BCUT2D eigenvalue weighted by molar-refractivity contribution is 0.360. The van der Waals surface area contributed by atoms with Gasteiger partial charge in [0.1, 0.15) is 6.33 Å². The number of hydrogen-bond acceptors (Lipinski definition) is 4. The van der Waals surface area contributed by atoms with E-state index in [-0.39, 0.29) is 17.6 Å². The topological polar surface area (TPSA) is 61.0 Å². The number of ether oxygens (including phenoxy) is 1. The predicted molar refractivity (Wildman–Crippen MR) is 42.3 cm³/mol. The Hall–Kier alpha value is -1.03. The van der Waals surface area contributed by atoms with E-state index in [0.29, 0.717) is 5.75 Å². The van der Waals surface area contributed by atoms with Crippen molar-refractivity contribution in [2.24, 2.45) is 0 Å². The van der Waals surface area contributed by atoms with Crippen LogP contribution in [0.4, 0.5) is 5.82 Å². The Bertz CT molecular complexity index is 233. The molecule has 1 aromatic heterocycles. The Kier molecular flexibility index (Phi) is 2.48. The Labute approximate surface area is 69.4 Å². The number of nitrogens with zero attached hydrogens (tertiary/aromatic N) is 2. The van der Waals surface area contributed by atoms with E-state index in [1.165, 1.54) is 6.33 Å². The number of hydrogen-bond donors (Lipinski definition) is 1. The molecule has 0 atom stereocenters. The fraction of sp³-hybridized carbons (Fsp3) is 0.167. The Morgan fingerprint density at radius 2 is 2.36 bits per heavy atom. The first-order chi connectivity index (χ1) is 5.25. The summed E-state index contributed by atoms with van der Waals surface area (Å²) in [5.74, 6) is 0.526. The molecule has 0 saturated carbocycles. The van der Waals surface area contributed by atoms with E-state index in [1.54, 1.807) is 0 Å². The molecule has 2 N–H and O–H groups in total. The lowest BCUT2D eigenvalue weighted by atomic mass is 10.5. The van der Waals surface area contributed by atoms with E-state index in [2.05, 4.69) is 16.9 Å². The average molecular weight is 173 g/mol. The maximum absolute atomic E-state index is 5.62. The summed E-state index contributed by atoms with van der Waals surface area (Å²) >= 11 is 5.62. The first-order valence-corrected chi connectivity index (χ1v) is 3.31.